The zero-order valence-electron chi connectivity index (χ0n) is 13.8. The van der Waals surface area contributed by atoms with Gasteiger partial charge in [-0.25, -0.2) is 0 Å². The zero-order valence-corrected chi connectivity index (χ0v) is 13.8. The number of carbonyl (C=O) groups is 2. The Morgan fingerprint density at radius 3 is 2.38 bits per heavy atom. The number of rotatable bonds is 5. The van der Waals surface area contributed by atoms with Crippen LogP contribution in [0.15, 0.2) is 0 Å². The van der Waals surface area contributed by atoms with Gasteiger partial charge in [-0.05, 0) is 38.0 Å². The van der Waals surface area contributed by atoms with Crippen LogP contribution in [0.2, 0.25) is 0 Å². The van der Waals surface area contributed by atoms with E-state index in [0.717, 1.165) is 12.8 Å². The van der Waals surface area contributed by atoms with Gasteiger partial charge in [-0.2, -0.15) is 0 Å². The van der Waals surface area contributed by atoms with Gasteiger partial charge in [0.15, 0.2) is 0 Å². The maximum absolute atomic E-state index is 12.8. The average molecular weight is 296 g/mol. The van der Waals surface area contributed by atoms with Crippen molar-refractivity contribution >= 4 is 11.8 Å². The van der Waals surface area contributed by atoms with Gasteiger partial charge in [0.05, 0.1) is 12.7 Å². The van der Waals surface area contributed by atoms with E-state index in [2.05, 4.69) is 5.32 Å². The van der Waals surface area contributed by atoms with Crippen LogP contribution in [0.4, 0.5) is 0 Å². The van der Waals surface area contributed by atoms with Crippen LogP contribution in [0.3, 0.4) is 0 Å². The molecule has 0 bridgehead atoms. The van der Waals surface area contributed by atoms with Crippen LogP contribution in [0.5, 0.6) is 0 Å². The van der Waals surface area contributed by atoms with Crippen molar-refractivity contribution in [2.45, 2.75) is 65.6 Å². The Kier molecular flexibility index (Phi) is 4.61. The molecule has 2 amide bonds. The van der Waals surface area contributed by atoms with Crippen LogP contribution in [-0.2, 0) is 14.3 Å². The van der Waals surface area contributed by atoms with Crippen molar-refractivity contribution in [1.29, 1.82) is 0 Å². The van der Waals surface area contributed by atoms with Gasteiger partial charge in [-0.3, -0.25) is 9.59 Å². The quantitative estimate of drug-likeness (QED) is 0.837. The summed E-state index contributed by atoms with van der Waals surface area (Å²) in [6.07, 6.45) is 2.21. The lowest BCUT2D eigenvalue weighted by molar-refractivity contribution is -0.154. The number of ether oxygens (including phenoxy) is 1. The minimum Gasteiger partial charge on any atom is -0.377 e. The Hall–Kier alpha value is -1.10. The topological polar surface area (TPSA) is 58.6 Å². The number of nitrogens with one attached hydrogen (secondary N) is 1. The SMILES string of the molecule is CC(C)OCCN1C(=O)C(C(C)(C)C)NC(=O)C1C1CC1. The zero-order chi connectivity index (χ0) is 15.8. The highest BCUT2D eigenvalue weighted by Gasteiger charge is 2.50. The van der Waals surface area contributed by atoms with Gasteiger partial charge in [0.25, 0.3) is 0 Å². The summed E-state index contributed by atoms with van der Waals surface area (Å²) in [5.41, 5.74) is -0.279. The molecule has 0 aromatic carbocycles. The van der Waals surface area contributed by atoms with Crippen LogP contribution in [0.25, 0.3) is 0 Å². The van der Waals surface area contributed by atoms with E-state index in [9.17, 15) is 9.59 Å². The van der Waals surface area contributed by atoms with Crippen LogP contribution in [-0.4, -0.2) is 48.1 Å². The van der Waals surface area contributed by atoms with Gasteiger partial charge in [-0.15, -0.1) is 0 Å². The lowest BCUT2D eigenvalue weighted by atomic mass is 9.83. The largest absolute Gasteiger partial charge is 0.377 e. The van der Waals surface area contributed by atoms with Crippen molar-refractivity contribution in [3.63, 3.8) is 0 Å². The highest BCUT2D eigenvalue weighted by atomic mass is 16.5. The monoisotopic (exact) mass is 296 g/mol. The van der Waals surface area contributed by atoms with Crippen LogP contribution < -0.4 is 5.32 Å². The summed E-state index contributed by atoms with van der Waals surface area (Å²) in [5, 5.41) is 2.94. The first-order valence-electron chi connectivity index (χ1n) is 7.94. The van der Waals surface area contributed by atoms with E-state index in [-0.39, 0.29) is 29.4 Å². The summed E-state index contributed by atoms with van der Waals surface area (Å²) in [6.45, 7) is 10.9. The van der Waals surface area contributed by atoms with Crippen molar-refractivity contribution in [2.75, 3.05) is 13.2 Å². The van der Waals surface area contributed by atoms with Crippen molar-refractivity contribution in [3.05, 3.63) is 0 Å². The van der Waals surface area contributed by atoms with E-state index in [0.29, 0.717) is 19.1 Å². The Labute approximate surface area is 127 Å². The van der Waals surface area contributed by atoms with Gasteiger partial charge in [0, 0.05) is 6.54 Å². The van der Waals surface area contributed by atoms with Crippen molar-refractivity contribution in [1.82, 2.24) is 10.2 Å². The fourth-order valence-corrected chi connectivity index (χ4v) is 2.84. The fourth-order valence-electron chi connectivity index (χ4n) is 2.84. The minimum absolute atomic E-state index is 0.00146. The predicted molar refractivity (Wildman–Crippen MR) is 80.7 cm³/mol. The third-order valence-corrected chi connectivity index (χ3v) is 4.14. The number of hydrogen-bond donors (Lipinski definition) is 1. The van der Waals surface area contributed by atoms with E-state index in [1.807, 2.05) is 34.6 Å². The molecule has 1 heterocycles. The van der Waals surface area contributed by atoms with Gasteiger partial charge < -0.3 is 15.0 Å². The van der Waals surface area contributed by atoms with Crippen LogP contribution in [0, 0.1) is 11.3 Å². The smallest absolute Gasteiger partial charge is 0.246 e. The summed E-state index contributed by atoms with van der Waals surface area (Å²) >= 11 is 0. The van der Waals surface area contributed by atoms with Crippen molar-refractivity contribution < 1.29 is 14.3 Å². The summed E-state index contributed by atoms with van der Waals surface area (Å²) in [6, 6.07) is -0.745. The summed E-state index contributed by atoms with van der Waals surface area (Å²) in [4.78, 5) is 27.0. The second-order valence-electron chi connectivity index (χ2n) is 7.54. The molecular formula is C16H28N2O3. The molecule has 2 fully saturated rings. The Bertz CT molecular complexity index is 410. The third-order valence-electron chi connectivity index (χ3n) is 4.14. The van der Waals surface area contributed by atoms with Gasteiger partial charge in [-0.1, -0.05) is 20.8 Å². The molecule has 1 aliphatic carbocycles. The van der Waals surface area contributed by atoms with E-state index in [4.69, 9.17) is 4.74 Å². The molecule has 0 aromatic heterocycles. The van der Waals surface area contributed by atoms with Gasteiger partial charge in [0.1, 0.15) is 12.1 Å². The van der Waals surface area contributed by atoms with Gasteiger partial charge in [0.2, 0.25) is 11.8 Å². The molecule has 120 valence electrons. The summed E-state index contributed by atoms with van der Waals surface area (Å²) in [5.74, 6) is 0.363. The molecule has 2 atom stereocenters. The minimum atomic E-state index is -0.445. The maximum Gasteiger partial charge on any atom is 0.246 e. The third kappa shape index (κ3) is 3.76. The molecule has 2 rings (SSSR count). The molecule has 2 unspecified atom stereocenters. The van der Waals surface area contributed by atoms with Crippen LogP contribution in [0.1, 0.15) is 47.5 Å². The van der Waals surface area contributed by atoms with Gasteiger partial charge >= 0.3 is 0 Å². The lowest BCUT2D eigenvalue weighted by Crippen LogP contribution is -2.67. The van der Waals surface area contributed by atoms with E-state index < -0.39 is 6.04 Å². The number of amides is 2. The summed E-state index contributed by atoms with van der Waals surface area (Å²) < 4.78 is 5.57. The molecule has 5 heteroatoms. The Morgan fingerprint density at radius 1 is 1.29 bits per heavy atom. The second-order valence-corrected chi connectivity index (χ2v) is 7.54. The van der Waals surface area contributed by atoms with Crippen molar-refractivity contribution in [2.24, 2.45) is 11.3 Å². The molecule has 0 aromatic rings. The van der Waals surface area contributed by atoms with E-state index in [1.54, 1.807) is 4.90 Å². The predicted octanol–water partition coefficient (Wildman–Crippen LogP) is 1.56. The average Bonchev–Trinajstić information content (AvgIpc) is 3.15. The molecule has 0 radical (unpaired) electrons. The van der Waals surface area contributed by atoms with E-state index in [1.165, 1.54) is 0 Å². The van der Waals surface area contributed by atoms with Crippen molar-refractivity contribution in [3.8, 4) is 0 Å². The standard InChI is InChI=1S/C16H28N2O3/c1-10(2)21-9-8-18-12(11-6-7-11)14(19)17-13(15(18)20)16(3,4)5/h10-13H,6-9H2,1-5H3,(H,17,19). The first kappa shape index (κ1) is 16.3. The molecule has 1 saturated heterocycles. The molecule has 5 nitrogen and oxygen atoms in total. The number of carbonyl (C=O) groups excluding carboxylic acids is 2. The lowest BCUT2D eigenvalue weighted by Gasteiger charge is -2.43. The first-order chi connectivity index (χ1) is 9.71. The molecule has 2 aliphatic rings. The van der Waals surface area contributed by atoms with Crippen LogP contribution >= 0.6 is 0 Å². The molecule has 0 spiro atoms. The number of nitrogens with zero attached hydrogens (tertiary/aromatic N) is 1. The maximum atomic E-state index is 12.8. The normalized spacial score (nSPS) is 27.2. The fraction of sp³-hybridized carbons (Fsp3) is 0.875. The number of piperazine rings is 1. The molecule has 1 saturated carbocycles. The highest BCUT2D eigenvalue weighted by Crippen LogP contribution is 2.38. The molecule has 21 heavy (non-hydrogen) atoms. The number of hydrogen-bond acceptors (Lipinski definition) is 3. The Balaban J connectivity index is 2.12. The van der Waals surface area contributed by atoms with E-state index >= 15 is 0 Å². The summed E-state index contributed by atoms with van der Waals surface area (Å²) in [7, 11) is 0. The first-order valence-corrected chi connectivity index (χ1v) is 7.94. The highest BCUT2D eigenvalue weighted by molar-refractivity contribution is 5.97. The molecule has 1 N–H and O–H groups in total. The Morgan fingerprint density at radius 2 is 1.90 bits per heavy atom. The molecular weight excluding hydrogens is 268 g/mol. The molecule has 1 aliphatic heterocycles. The second kappa shape index (κ2) is 5.95.